The van der Waals surface area contributed by atoms with E-state index in [4.69, 9.17) is 23.1 Å². The third kappa shape index (κ3) is 25.1. The summed E-state index contributed by atoms with van der Waals surface area (Å²) in [7, 11) is 0. The van der Waals surface area contributed by atoms with E-state index in [-0.39, 0.29) is 6.42 Å². The van der Waals surface area contributed by atoms with Gasteiger partial charge < -0.3 is 10.2 Å². The summed E-state index contributed by atoms with van der Waals surface area (Å²) in [6.07, 6.45) is 16.2. The SMILES string of the molecule is C#CCCCCC(=O)O.C#CCCCCCO. The average Bonchev–Trinajstić information content (AvgIpc) is 2.31. The number of hydrogen-bond donors (Lipinski definition) is 2. The first-order valence-electron chi connectivity index (χ1n) is 5.88. The lowest BCUT2D eigenvalue weighted by Crippen LogP contribution is -1.92. The number of hydrogen-bond acceptors (Lipinski definition) is 2. The van der Waals surface area contributed by atoms with Crippen LogP contribution in [0.4, 0.5) is 0 Å². The van der Waals surface area contributed by atoms with Gasteiger partial charge in [0, 0.05) is 25.9 Å². The molecule has 0 amide bonds. The lowest BCUT2D eigenvalue weighted by Gasteiger charge is -1.90. The molecule has 0 aliphatic carbocycles. The average molecular weight is 238 g/mol. The van der Waals surface area contributed by atoms with Crippen LogP contribution in [0.2, 0.25) is 0 Å². The molecule has 0 aromatic heterocycles. The summed E-state index contributed by atoms with van der Waals surface area (Å²) in [6, 6.07) is 0. The van der Waals surface area contributed by atoms with Crippen LogP contribution in [-0.4, -0.2) is 22.8 Å². The van der Waals surface area contributed by atoms with E-state index in [1.165, 1.54) is 0 Å². The predicted molar refractivity (Wildman–Crippen MR) is 69.3 cm³/mol. The van der Waals surface area contributed by atoms with E-state index in [1.807, 2.05) is 0 Å². The number of terminal acetylenes is 2. The quantitative estimate of drug-likeness (QED) is 0.504. The molecule has 0 heterocycles. The Kier molecular flexibility index (Phi) is 17.9. The van der Waals surface area contributed by atoms with Crippen molar-refractivity contribution in [3.05, 3.63) is 0 Å². The Balaban J connectivity index is 0. The first-order valence-corrected chi connectivity index (χ1v) is 5.88. The topological polar surface area (TPSA) is 57.5 Å². The van der Waals surface area contributed by atoms with Crippen molar-refractivity contribution < 1.29 is 15.0 Å². The molecule has 3 nitrogen and oxygen atoms in total. The highest BCUT2D eigenvalue weighted by Gasteiger charge is 1.93. The molecular weight excluding hydrogens is 216 g/mol. The van der Waals surface area contributed by atoms with Gasteiger partial charge in [0.25, 0.3) is 0 Å². The van der Waals surface area contributed by atoms with Crippen LogP contribution in [0.1, 0.15) is 51.4 Å². The van der Waals surface area contributed by atoms with Gasteiger partial charge in [-0.25, -0.2) is 0 Å². The van der Waals surface area contributed by atoms with Gasteiger partial charge >= 0.3 is 5.97 Å². The Morgan fingerprint density at radius 2 is 1.47 bits per heavy atom. The molecule has 0 unspecified atom stereocenters. The monoisotopic (exact) mass is 238 g/mol. The zero-order chi connectivity index (χ0) is 13.4. The normalized spacial score (nSPS) is 8.41. The van der Waals surface area contributed by atoms with Crippen molar-refractivity contribution in [2.75, 3.05) is 6.61 Å². The second-order valence-corrected chi connectivity index (χ2v) is 3.54. The third-order valence-corrected chi connectivity index (χ3v) is 1.94. The van der Waals surface area contributed by atoms with E-state index in [9.17, 15) is 4.79 Å². The van der Waals surface area contributed by atoms with E-state index in [2.05, 4.69) is 11.8 Å². The van der Waals surface area contributed by atoms with Crippen molar-refractivity contribution in [3.8, 4) is 24.7 Å². The van der Waals surface area contributed by atoms with Gasteiger partial charge in [0.1, 0.15) is 0 Å². The fraction of sp³-hybridized carbons (Fsp3) is 0.643. The molecule has 2 N–H and O–H groups in total. The summed E-state index contributed by atoms with van der Waals surface area (Å²) in [5, 5.41) is 16.5. The molecule has 0 aromatic rings. The molecule has 0 radical (unpaired) electrons. The minimum atomic E-state index is -0.743. The van der Waals surface area contributed by atoms with Crippen molar-refractivity contribution in [1.29, 1.82) is 0 Å². The van der Waals surface area contributed by atoms with Gasteiger partial charge in [-0.3, -0.25) is 4.79 Å². The fourth-order valence-electron chi connectivity index (χ4n) is 1.02. The number of carboxylic acids is 1. The van der Waals surface area contributed by atoms with Gasteiger partial charge in [-0.2, -0.15) is 0 Å². The van der Waals surface area contributed by atoms with Crippen molar-refractivity contribution in [3.63, 3.8) is 0 Å². The maximum atomic E-state index is 9.91. The first-order chi connectivity index (χ1) is 8.18. The maximum Gasteiger partial charge on any atom is 0.303 e. The van der Waals surface area contributed by atoms with Crippen LogP contribution in [-0.2, 0) is 4.79 Å². The largest absolute Gasteiger partial charge is 0.481 e. The molecule has 0 saturated heterocycles. The summed E-state index contributed by atoms with van der Waals surface area (Å²) < 4.78 is 0. The van der Waals surface area contributed by atoms with Crippen LogP contribution in [0.3, 0.4) is 0 Å². The summed E-state index contributed by atoms with van der Waals surface area (Å²) in [5.74, 6) is 4.25. The van der Waals surface area contributed by atoms with Gasteiger partial charge in [0.05, 0.1) is 0 Å². The van der Waals surface area contributed by atoms with Crippen LogP contribution in [0.15, 0.2) is 0 Å². The molecule has 96 valence electrons. The van der Waals surface area contributed by atoms with E-state index in [0.717, 1.165) is 32.1 Å². The number of carboxylic acid groups (broad SMARTS) is 1. The molecule has 0 atom stereocenters. The van der Waals surface area contributed by atoms with Crippen LogP contribution in [0.25, 0.3) is 0 Å². The lowest BCUT2D eigenvalue weighted by molar-refractivity contribution is -0.137. The van der Waals surface area contributed by atoms with Crippen LogP contribution < -0.4 is 0 Å². The van der Waals surface area contributed by atoms with E-state index < -0.39 is 5.97 Å². The van der Waals surface area contributed by atoms with Gasteiger partial charge in [-0.1, -0.05) is 6.42 Å². The number of rotatable bonds is 8. The van der Waals surface area contributed by atoms with E-state index in [0.29, 0.717) is 19.4 Å². The second kappa shape index (κ2) is 17.0. The van der Waals surface area contributed by atoms with E-state index in [1.54, 1.807) is 0 Å². The highest BCUT2D eigenvalue weighted by Crippen LogP contribution is 1.97. The Labute approximate surface area is 104 Å². The summed E-state index contributed by atoms with van der Waals surface area (Å²) in [6.45, 7) is 0.296. The number of aliphatic hydroxyl groups excluding tert-OH is 1. The maximum absolute atomic E-state index is 9.91. The highest BCUT2D eigenvalue weighted by atomic mass is 16.4. The van der Waals surface area contributed by atoms with Crippen molar-refractivity contribution >= 4 is 5.97 Å². The molecular formula is C14H22O3. The summed E-state index contributed by atoms with van der Waals surface area (Å²) in [4.78, 5) is 9.91. The first kappa shape index (κ1) is 17.9. The molecule has 0 aliphatic heterocycles. The zero-order valence-corrected chi connectivity index (χ0v) is 10.3. The minimum absolute atomic E-state index is 0.238. The minimum Gasteiger partial charge on any atom is -0.481 e. The number of aliphatic hydroxyl groups is 1. The number of carbonyl (C=O) groups is 1. The number of aliphatic carboxylic acids is 1. The Hall–Kier alpha value is -1.45. The highest BCUT2D eigenvalue weighted by molar-refractivity contribution is 5.66. The van der Waals surface area contributed by atoms with Crippen molar-refractivity contribution in [2.45, 2.75) is 51.4 Å². The standard InChI is InChI=1S/C7H10O2.C7H12O/c1-2-3-4-5-6-7(8)9;1-2-3-4-5-6-7-8/h1H,3-6H2,(H,8,9);1,8H,3-7H2. The molecule has 3 heteroatoms. The van der Waals surface area contributed by atoms with Crippen molar-refractivity contribution in [1.82, 2.24) is 0 Å². The molecule has 0 aromatic carbocycles. The molecule has 17 heavy (non-hydrogen) atoms. The fourth-order valence-corrected chi connectivity index (χ4v) is 1.02. The smallest absolute Gasteiger partial charge is 0.303 e. The van der Waals surface area contributed by atoms with Gasteiger partial charge in [-0.15, -0.1) is 24.7 Å². The third-order valence-electron chi connectivity index (χ3n) is 1.94. The van der Waals surface area contributed by atoms with Crippen LogP contribution in [0, 0.1) is 24.7 Å². The second-order valence-electron chi connectivity index (χ2n) is 3.54. The molecule has 0 fully saturated rings. The Morgan fingerprint density at radius 1 is 0.941 bits per heavy atom. The van der Waals surface area contributed by atoms with Crippen LogP contribution >= 0.6 is 0 Å². The Morgan fingerprint density at radius 3 is 1.88 bits per heavy atom. The zero-order valence-electron chi connectivity index (χ0n) is 10.3. The Bertz CT molecular complexity index is 245. The van der Waals surface area contributed by atoms with Crippen LogP contribution in [0.5, 0.6) is 0 Å². The number of unbranched alkanes of at least 4 members (excludes halogenated alkanes) is 5. The van der Waals surface area contributed by atoms with Gasteiger partial charge in [-0.05, 0) is 25.7 Å². The predicted octanol–water partition coefficient (Wildman–Crippen LogP) is 2.44. The molecule has 0 saturated carbocycles. The molecule has 0 bridgehead atoms. The van der Waals surface area contributed by atoms with Gasteiger partial charge in [0.15, 0.2) is 0 Å². The summed E-state index contributed by atoms with van der Waals surface area (Å²) in [5.41, 5.74) is 0. The lowest BCUT2D eigenvalue weighted by atomic mass is 10.2. The van der Waals surface area contributed by atoms with Gasteiger partial charge in [0.2, 0.25) is 0 Å². The summed E-state index contributed by atoms with van der Waals surface area (Å²) >= 11 is 0. The molecule has 0 aliphatic rings. The van der Waals surface area contributed by atoms with E-state index >= 15 is 0 Å². The molecule has 0 rings (SSSR count). The van der Waals surface area contributed by atoms with Crippen molar-refractivity contribution in [2.24, 2.45) is 0 Å². The molecule has 0 spiro atoms.